The Morgan fingerprint density at radius 3 is 2.62 bits per heavy atom. The number of hydrogen-bond acceptors (Lipinski definition) is 3. The van der Waals surface area contributed by atoms with E-state index in [2.05, 4.69) is 4.98 Å². The first-order valence-electron chi connectivity index (χ1n) is 7.27. The van der Waals surface area contributed by atoms with Gasteiger partial charge in [0.1, 0.15) is 11.3 Å². The van der Waals surface area contributed by atoms with Gasteiger partial charge >= 0.3 is 0 Å². The number of oxazole rings is 1. The number of hydrogen-bond donors (Lipinski definition) is 0. The second-order valence-electron chi connectivity index (χ2n) is 5.22. The molecule has 24 heavy (non-hydrogen) atoms. The van der Waals surface area contributed by atoms with E-state index in [-0.39, 0.29) is 0 Å². The fourth-order valence-corrected chi connectivity index (χ4v) is 2.70. The van der Waals surface area contributed by atoms with Gasteiger partial charge in [-0.2, -0.15) is 0 Å². The van der Waals surface area contributed by atoms with Gasteiger partial charge in [0.05, 0.1) is 16.3 Å². The third-order valence-corrected chi connectivity index (χ3v) is 4.31. The molecular weight excluding hydrogens is 345 g/mol. The van der Waals surface area contributed by atoms with Crippen LogP contribution in [0.15, 0.2) is 63.6 Å². The van der Waals surface area contributed by atoms with Gasteiger partial charge in [-0.3, -0.25) is 0 Å². The van der Waals surface area contributed by atoms with Gasteiger partial charge in [0, 0.05) is 11.6 Å². The molecule has 4 rings (SSSR count). The Kier molecular flexibility index (Phi) is 3.89. The molecule has 0 aliphatic heterocycles. The van der Waals surface area contributed by atoms with Gasteiger partial charge in [0.25, 0.3) is 0 Å². The molecule has 2 aromatic heterocycles. The third-order valence-electron chi connectivity index (χ3n) is 3.57. The zero-order valence-corrected chi connectivity index (χ0v) is 13.9. The van der Waals surface area contributed by atoms with Crippen molar-refractivity contribution in [3.8, 4) is 11.3 Å². The van der Waals surface area contributed by atoms with Gasteiger partial charge in [-0.25, -0.2) is 4.98 Å². The Labute approximate surface area is 148 Å². The minimum Gasteiger partial charge on any atom is -0.464 e. The van der Waals surface area contributed by atoms with E-state index in [0.29, 0.717) is 15.9 Å². The van der Waals surface area contributed by atoms with E-state index in [1.807, 2.05) is 42.5 Å². The highest BCUT2D eigenvalue weighted by Gasteiger charge is 2.07. The Hall–Kier alpha value is -2.49. The molecule has 118 valence electrons. The van der Waals surface area contributed by atoms with Gasteiger partial charge < -0.3 is 8.83 Å². The molecule has 0 amide bonds. The van der Waals surface area contributed by atoms with Crippen molar-refractivity contribution in [2.24, 2.45) is 0 Å². The van der Waals surface area contributed by atoms with Crippen molar-refractivity contribution in [1.29, 1.82) is 0 Å². The summed E-state index contributed by atoms with van der Waals surface area (Å²) in [6, 6.07) is 15.0. The van der Waals surface area contributed by atoms with Crippen LogP contribution in [-0.2, 0) is 0 Å². The molecule has 0 saturated heterocycles. The van der Waals surface area contributed by atoms with Crippen LogP contribution in [0.1, 0.15) is 11.5 Å². The highest BCUT2D eigenvalue weighted by molar-refractivity contribution is 6.42. The molecule has 2 aromatic carbocycles. The Bertz CT molecular complexity index is 1030. The second kappa shape index (κ2) is 6.19. The SMILES string of the molecule is Clc1ccc(C=Cc2nc3cc(-c4ccco4)ccc3o2)cc1Cl. The molecule has 0 N–H and O–H groups in total. The second-order valence-corrected chi connectivity index (χ2v) is 6.03. The van der Waals surface area contributed by atoms with Crippen molar-refractivity contribution < 1.29 is 8.83 Å². The van der Waals surface area contributed by atoms with Crippen molar-refractivity contribution in [2.75, 3.05) is 0 Å². The molecule has 0 aliphatic carbocycles. The molecule has 0 spiro atoms. The van der Waals surface area contributed by atoms with E-state index in [4.69, 9.17) is 32.0 Å². The van der Waals surface area contributed by atoms with Gasteiger partial charge in [0.15, 0.2) is 5.58 Å². The van der Waals surface area contributed by atoms with Crippen LogP contribution in [0.2, 0.25) is 10.0 Å². The molecule has 5 heteroatoms. The average Bonchev–Trinajstić information content (AvgIpc) is 3.24. The minimum absolute atomic E-state index is 0.513. The molecule has 0 bridgehead atoms. The van der Waals surface area contributed by atoms with Gasteiger partial charge in [-0.15, -0.1) is 0 Å². The molecule has 0 aliphatic rings. The van der Waals surface area contributed by atoms with Crippen LogP contribution < -0.4 is 0 Å². The van der Waals surface area contributed by atoms with Crippen molar-refractivity contribution in [2.45, 2.75) is 0 Å². The fourth-order valence-electron chi connectivity index (χ4n) is 2.40. The van der Waals surface area contributed by atoms with E-state index >= 15 is 0 Å². The number of nitrogens with zero attached hydrogens (tertiary/aromatic N) is 1. The summed E-state index contributed by atoms with van der Waals surface area (Å²) in [5, 5.41) is 1.04. The van der Waals surface area contributed by atoms with Gasteiger partial charge in [0.2, 0.25) is 5.89 Å². The summed E-state index contributed by atoms with van der Waals surface area (Å²) in [6.45, 7) is 0. The van der Waals surface area contributed by atoms with Crippen LogP contribution in [0.25, 0.3) is 34.6 Å². The zero-order chi connectivity index (χ0) is 16.5. The summed E-state index contributed by atoms with van der Waals surface area (Å²) < 4.78 is 11.1. The number of aromatic nitrogens is 1. The van der Waals surface area contributed by atoms with Crippen molar-refractivity contribution >= 4 is 46.5 Å². The van der Waals surface area contributed by atoms with E-state index in [9.17, 15) is 0 Å². The third kappa shape index (κ3) is 2.96. The highest BCUT2D eigenvalue weighted by Crippen LogP contribution is 2.26. The molecular formula is C19H11Cl2NO2. The highest BCUT2D eigenvalue weighted by atomic mass is 35.5. The van der Waals surface area contributed by atoms with Crippen LogP contribution in [0.5, 0.6) is 0 Å². The Morgan fingerprint density at radius 2 is 1.83 bits per heavy atom. The van der Waals surface area contributed by atoms with Crippen LogP contribution >= 0.6 is 23.2 Å². The Morgan fingerprint density at radius 1 is 0.917 bits per heavy atom. The molecule has 2 heterocycles. The summed E-state index contributed by atoms with van der Waals surface area (Å²) in [7, 11) is 0. The lowest BCUT2D eigenvalue weighted by Gasteiger charge is -1.96. The summed E-state index contributed by atoms with van der Waals surface area (Å²) >= 11 is 11.9. The topological polar surface area (TPSA) is 39.2 Å². The average molecular weight is 356 g/mol. The predicted molar refractivity (Wildman–Crippen MR) is 97.1 cm³/mol. The summed E-state index contributed by atoms with van der Waals surface area (Å²) in [5.41, 5.74) is 3.38. The lowest BCUT2D eigenvalue weighted by atomic mass is 10.1. The molecule has 0 unspecified atom stereocenters. The van der Waals surface area contributed by atoms with Crippen molar-refractivity contribution in [3.63, 3.8) is 0 Å². The number of rotatable bonds is 3. The number of benzene rings is 2. The van der Waals surface area contributed by atoms with Crippen LogP contribution in [0, 0.1) is 0 Å². The van der Waals surface area contributed by atoms with Crippen LogP contribution in [0.4, 0.5) is 0 Å². The Balaban J connectivity index is 1.65. The van der Waals surface area contributed by atoms with Gasteiger partial charge in [-0.05, 0) is 54.1 Å². The largest absolute Gasteiger partial charge is 0.464 e. The first-order valence-corrected chi connectivity index (χ1v) is 8.02. The molecule has 0 radical (unpaired) electrons. The van der Waals surface area contributed by atoms with Crippen LogP contribution in [0.3, 0.4) is 0 Å². The number of fused-ring (bicyclic) bond motifs is 1. The maximum atomic E-state index is 6.01. The first-order chi connectivity index (χ1) is 11.7. The van der Waals surface area contributed by atoms with E-state index < -0.39 is 0 Å². The standard InChI is InChI=1S/C19H11Cl2NO2/c20-14-6-3-12(10-15(14)21)4-8-19-22-16-11-13(5-7-18(16)24-19)17-2-1-9-23-17/h1-11H. The van der Waals surface area contributed by atoms with E-state index in [1.165, 1.54) is 0 Å². The molecule has 4 aromatic rings. The molecule has 0 atom stereocenters. The quantitative estimate of drug-likeness (QED) is 0.417. The fraction of sp³-hybridized carbons (Fsp3) is 0. The van der Waals surface area contributed by atoms with Crippen LogP contribution in [-0.4, -0.2) is 4.98 Å². The lowest BCUT2D eigenvalue weighted by Crippen LogP contribution is -1.75. The van der Waals surface area contributed by atoms with E-state index in [0.717, 1.165) is 28.0 Å². The minimum atomic E-state index is 0.513. The monoisotopic (exact) mass is 355 g/mol. The predicted octanol–water partition coefficient (Wildman–Crippen LogP) is 6.57. The zero-order valence-electron chi connectivity index (χ0n) is 12.4. The molecule has 3 nitrogen and oxygen atoms in total. The maximum Gasteiger partial charge on any atom is 0.220 e. The summed E-state index contributed by atoms with van der Waals surface area (Å²) in [5.74, 6) is 1.32. The lowest BCUT2D eigenvalue weighted by molar-refractivity contribution is 0.582. The summed E-state index contributed by atoms with van der Waals surface area (Å²) in [6.07, 6.45) is 5.32. The molecule has 0 saturated carbocycles. The normalized spacial score (nSPS) is 11.6. The van der Waals surface area contributed by atoms with Crippen molar-refractivity contribution in [1.82, 2.24) is 4.98 Å². The van der Waals surface area contributed by atoms with E-state index in [1.54, 1.807) is 24.5 Å². The summed E-state index contributed by atoms with van der Waals surface area (Å²) in [4.78, 5) is 4.48. The van der Waals surface area contributed by atoms with Gasteiger partial charge in [-0.1, -0.05) is 29.3 Å². The number of furan rings is 1. The first kappa shape index (κ1) is 15.1. The number of halogens is 2. The molecule has 0 fully saturated rings. The smallest absolute Gasteiger partial charge is 0.220 e. The van der Waals surface area contributed by atoms with Crippen molar-refractivity contribution in [3.05, 3.63) is 76.3 Å². The maximum absolute atomic E-state index is 6.01.